The van der Waals surface area contributed by atoms with E-state index in [0.717, 1.165) is 11.6 Å². The maximum absolute atomic E-state index is 13.5. The Morgan fingerprint density at radius 1 is 1.50 bits per heavy atom. The van der Waals surface area contributed by atoms with Crippen molar-refractivity contribution in [3.63, 3.8) is 0 Å². The van der Waals surface area contributed by atoms with Crippen molar-refractivity contribution in [2.24, 2.45) is 7.05 Å². The van der Waals surface area contributed by atoms with Crippen LogP contribution >= 0.6 is 11.8 Å². The molecule has 0 spiro atoms. The largest absolute Gasteiger partial charge is 0.478 e. The number of carboxylic acids is 1. The predicted molar refractivity (Wildman–Crippen MR) is 71.4 cm³/mol. The first-order valence-corrected chi connectivity index (χ1v) is 6.59. The van der Waals surface area contributed by atoms with Gasteiger partial charge < -0.3 is 5.11 Å². The highest BCUT2D eigenvalue weighted by molar-refractivity contribution is 7.98. The molecule has 0 unspecified atom stereocenters. The van der Waals surface area contributed by atoms with Gasteiger partial charge in [0.2, 0.25) is 5.16 Å². The molecule has 1 aromatic heterocycles. The third-order valence-corrected chi connectivity index (χ3v) is 3.43. The second kappa shape index (κ2) is 6.29. The quantitative estimate of drug-likeness (QED) is 0.668. The molecule has 2 rings (SSSR count). The van der Waals surface area contributed by atoms with E-state index >= 15 is 0 Å². The molecule has 1 N–H and O–H groups in total. The van der Waals surface area contributed by atoms with Gasteiger partial charge in [-0.05, 0) is 39.8 Å². The fourth-order valence-corrected chi connectivity index (χ4v) is 2.29. The molecular weight excluding hydrogens is 283 g/mol. The van der Waals surface area contributed by atoms with Crippen molar-refractivity contribution in [3.05, 3.63) is 41.2 Å². The van der Waals surface area contributed by atoms with Crippen LogP contribution in [0.15, 0.2) is 29.4 Å². The van der Waals surface area contributed by atoms with E-state index in [0.29, 0.717) is 16.5 Å². The minimum absolute atomic E-state index is 0.413. The normalized spacial score (nSPS) is 11.1. The third-order valence-electron chi connectivity index (χ3n) is 2.35. The number of benzene rings is 1. The Balaban J connectivity index is 2.12. The van der Waals surface area contributed by atoms with Gasteiger partial charge in [-0.25, -0.2) is 13.9 Å². The van der Waals surface area contributed by atoms with E-state index in [4.69, 9.17) is 5.11 Å². The Morgan fingerprint density at radius 2 is 2.30 bits per heavy atom. The van der Waals surface area contributed by atoms with Gasteiger partial charge in [-0.2, -0.15) is 0 Å². The molecule has 0 aliphatic heterocycles. The first kappa shape index (κ1) is 14.2. The van der Waals surface area contributed by atoms with Crippen molar-refractivity contribution in [2.45, 2.75) is 10.9 Å². The number of rotatable bonds is 5. The topological polar surface area (TPSA) is 80.9 Å². The van der Waals surface area contributed by atoms with Gasteiger partial charge in [-0.3, -0.25) is 0 Å². The SMILES string of the molecule is Cn1nnnc1SCc1cc(F)cc(C=CC(=O)O)c1. The molecule has 0 bridgehead atoms. The molecule has 1 aromatic carbocycles. The van der Waals surface area contributed by atoms with Crippen LogP contribution in [0.4, 0.5) is 4.39 Å². The van der Waals surface area contributed by atoms with E-state index in [2.05, 4.69) is 15.5 Å². The van der Waals surface area contributed by atoms with Crippen LogP contribution < -0.4 is 0 Å². The Labute approximate surface area is 118 Å². The lowest BCUT2D eigenvalue weighted by molar-refractivity contribution is -0.131. The minimum Gasteiger partial charge on any atom is -0.478 e. The van der Waals surface area contributed by atoms with Gasteiger partial charge in [0.25, 0.3) is 0 Å². The number of halogens is 1. The Bertz CT molecular complexity index is 657. The van der Waals surface area contributed by atoms with Crippen molar-refractivity contribution in [1.82, 2.24) is 20.2 Å². The molecule has 0 saturated heterocycles. The summed E-state index contributed by atoms with van der Waals surface area (Å²) in [6.07, 6.45) is 2.32. The Hall–Kier alpha value is -2.22. The van der Waals surface area contributed by atoms with Crippen LogP contribution in [0.25, 0.3) is 6.08 Å². The molecule has 0 saturated carbocycles. The van der Waals surface area contributed by atoms with Gasteiger partial charge in [-0.1, -0.05) is 17.8 Å². The lowest BCUT2D eigenvalue weighted by Gasteiger charge is -2.03. The van der Waals surface area contributed by atoms with E-state index in [1.807, 2.05) is 0 Å². The van der Waals surface area contributed by atoms with Crippen LogP contribution in [-0.4, -0.2) is 31.3 Å². The van der Waals surface area contributed by atoms with E-state index in [1.165, 1.54) is 34.7 Å². The van der Waals surface area contributed by atoms with Gasteiger partial charge >= 0.3 is 5.97 Å². The number of aromatic nitrogens is 4. The van der Waals surface area contributed by atoms with Gasteiger partial charge in [-0.15, -0.1) is 5.10 Å². The lowest BCUT2D eigenvalue weighted by atomic mass is 10.1. The highest BCUT2D eigenvalue weighted by Crippen LogP contribution is 2.21. The van der Waals surface area contributed by atoms with Crippen molar-refractivity contribution in [3.8, 4) is 0 Å². The zero-order valence-corrected chi connectivity index (χ0v) is 11.3. The van der Waals surface area contributed by atoms with Crippen molar-refractivity contribution in [2.75, 3.05) is 0 Å². The van der Waals surface area contributed by atoms with E-state index in [1.54, 1.807) is 13.1 Å². The number of hydrogen-bond donors (Lipinski definition) is 1. The third kappa shape index (κ3) is 3.89. The molecule has 20 heavy (non-hydrogen) atoms. The van der Waals surface area contributed by atoms with Crippen molar-refractivity contribution in [1.29, 1.82) is 0 Å². The fraction of sp³-hybridized carbons (Fsp3) is 0.167. The molecule has 1 heterocycles. The molecule has 0 aliphatic carbocycles. The monoisotopic (exact) mass is 294 g/mol. The number of tetrazole rings is 1. The molecule has 8 heteroatoms. The van der Waals surface area contributed by atoms with Crippen LogP contribution in [0.3, 0.4) is 0 Å². The average molecular weight is 294 g/mol. The number of carbonyl (C=O) groups is 1. The summed E-state index contributed by atoms with van der Waals surface area (Å²) in [6.45, 7) is 0. The summed E-state index contributed by atoms with van der Waals surface area (Å²) in [5, 5.41) is 20.2. The second-order valence-electron chi connectivity index (χ2n) is 3.94. The summed E-state index contributed by atoms with van der Waals surface area (Å²) in [7, 11) is 1.72. The van der Waals surface area contributed by atoms with Gasteiger partial charge in [0.05, 0.1) is 0 Å². The second-order valence-corrected chi connectivity index (χ2v) is 4.88. The molecular formula is C12H11FN4O2S. The van der Waals surface area contributed by atoms with Gasteiger partial charge in [0.15, 0.2) is 0 Å². The first-order chi connectivity index (χ1) is 9.54. The highest BCUT2D eigenvalue weighted by Gasteiger charge is 2.05. The average Bonchev–Trinajstić information content (AvgIpc) is 2.79. The van der Waals surface area contributed by atoms with Gasteiger partial charge in [0, 0.05) is 18.9 Å². The summed E-state index contributed by atoms with van der Waals surface area (Å²) < 4.78 is 15.0. The zero-order chi connectivity index (χ0) is 14.5. The van der Waals surface area contributed by atoms with E-state index < -0.39 is 11.8 Å². The van der Waals surface area contributed by atoms with E-state index in [-0.39, 0.29) is 0 Å². The molecule has 2 aromatic rings. The van der Waals surface area contributed by atoms with Crippen LogP contribution in [0.2, 0.25) is 0 Å². The van der Waals surface area contributed by atoms with Crippen LogP contribution in [0.1, 0.15) is 11.1 Å². The molecule has 0 aliphatic rings. The van der Waals surface area contributed by atoms with E-state index in [9.17, 15) is 9.18 Å². The van der Waals surface area contributed by atoms with Crippen LogP contribution in [0.5, 0.6) is 0 Å². The summed E-state index contributed by atoms with van der Waals surface area (Å²) >= 11 is 1.37. The number of carboxylic acid groups (broad SMARTS) is 1. The molecule has 6 nitrogen and oxygen atoms in total. The van der Waals surface area contributed by atoms with Gasteiger partial charge in [0.1, 0.15) is 5.82 Å². The summed E-state index contributed by atoms with van der Waals surface area (Å²) in [6, 6.07) is 4.39. The Morgan fingerprint density at radius 3 is 2.95 bits per heavy atom. The lowest BCUT2D eigenvalue weighted by Crippen LogP contribution is -1.94. The smallest absolute Gasteiger partial charge is 0.328 e. The van der Waals surface area contributed by atoms with Crippen LogP contribution in [-0.2, 0) is 17.6 Å². The van der Waals surface area contributed by atoms with Crippen molar-refractivity contribution >= 4 is 23.8 Å². The molecule has 104 valence electrons. The predicted octanol–water partition coefficient (Wildman–Crippen LogP) is 1.74. The summed E-state index contributed by atoms with van der Waals surface area (Å²) in [5.74, 6) is -1.00. The first-order valence-electron chi connectivity index (χ1n) is 5.60. The number of aryl methyl sites for hydroxylation is 1. The number of thioether (sulfide) groups is 1. The van der Waals surface area contributed by atoms with Crippen molar-refractivity contribution < 1.29 is 14.3 Å². The molecule has 0 atom stereocenters. The van der Waals surface area contributed by atoms with Crippen LogP contribution in [0, 0.1) is 5.82 Å². The zero-order valence-electron chi connectivity index (χ0n) is 10.5. The number of nitrogens with zero attached hydrogens (tertiary/aromatic N) is 4. The molecule has 0 fully saturated rings. The summed E-state index contributed by atoms with van der Waals surface area (Å²) in [5.41, 5.74) is 1.22. The standard InChI is InChI=1S/C12H11FN4O2S/c1-17-12(14-15-16-17)20-7-9-4-8(2-3-11(18)19)5-10(13)6-9/h2-6H,7H2,1H3,(H,18,19). The number of hydrogen-bond acceptors (Lipinski definition) is 5. The minimum atomic E-state index is -1.07. The summed E-state index contributed by atoms with van der Waals surface area (Å²) in [4.78, 5) is 10.5. The molecule has 0 radical (unpaired) electrons. The maximum Gasteiger partial charge on any atom is 0.328 e. The highest BCUT2D eigenvalue weighted by atomic mass is 32.2. The molecule has 0 amide bonds. The Kier molecular flexibility index (Phi) is 4.46. The number of aliphatic carboxylic acids is 1. The fourth-order valence-electron chi connectivity index (χ4n) is 1.51. The maximum atomic E-state index is 13.5.